The highest BCUT2D eigenvalue weighted by atomic mass is 79.9. The summed E-state index contributed by atoms with van der Waals surface area (Å²) in [7, 11) is -3.84. The largest absolute Gasteiger partial charge is 0.324 e. The van der Waals surface area contributed by atoms with E-state index in [-0.39, 0.29) is 16.7 Å². The van der Waals surface area contributed by atoms with Crippen molar-refractivity contribution in [2.75, 3.05) is 0 Å². The van der Waals surface area contributed by atoms with Crippen molar-refractivity contribution in [3.05, 3.63) is 124 Å². The summed E-state index contributed by atoms with van der Waals surface area (Å²) in [6, 6.07) is 27.8. The number of hydrogen-bond acceptors (Lipinski definition) is 6. The first-order chi connectivity index (χ1) is 22.8. The molecule has 0 aliphatic heterocycles. The first-order valence-electron chi connectivity index (χ1n) is 15.8. The molecule has 7 rings (SSSR count). The molecule has 0 radical (unpaired) electrons. The van der Waals surface area contributed by atoms with E-state index in [1.165, 1.54) is 3.97 Å². The molecule has 0 amide bonds. The van der Waals surface area contributed by atoms with Crippen LogP contribution in [0.3, 0.4) is 0 Å². The van der Waals surface area contributed by atoms with Gasteiger partial charge < -0.3 is 4.57 Å². The molecule has 0 saturated heterocycles. The van der Waals surface area contributed by atoms with Crippen molar-refractivity contribution in [3.8, 4) is 6.07 Å². The average Bonchev–Trinajstić information content (AvgIpc) is 3.71. The molecule has 6 aromatic rings. The fourth-order valence-corrected chi connectivity index (χ4v) is 8.34. The maximum atomic E-state index is 13.6. The van der Waals surface area contributed by atoms with Gasteiger partial charge in [0, 0.05) is 46.1 Å². The molecule has 1 aliphatic rings. The lowest BCUT2D eigenvalue weighted by molar-refractivity contribution is 0.103. The van der Waals surface area contributed by atoms with E-state index >= 15 is 0 Å². The Morgan fingerprint density at radius 2 is 1.57 bits per heavy atom. The zero-order valence-corrected chi connectivity index (χ0v) is 28.0. The minimum Gasteiger partial charge on any atom is -0.324 e. The minimum absolute atomic E-state index is 0.0180. The number of pyridine rings is 1. The van der Waals surface area contributed by atoms with E-state index in [4.69, 9.17) is 4.98 Å². The molecule has 3 heterocycles. The normalized spacial score (nSPS) is 16.8. The van der Waals surface area contributed by atoms with Gasteiger partial charge in [-0.25, -0.2) is 22.4 Å². The van der Waals surface area contributed by atoms with Crippen LogP contribution in [0.4, 0.5) is 0 Å². The summed E-state index contributed by atoms with van der Waals surface area (Å²) in [5, 5.41) is 10.0. The third kappa shape index (κ3) is 6.01. The van der Waals surface area contributed by atoms with Gasteiger partial charge in [0.15, 0.2) is 11.4 Å². The lowest BCUT2D eigenvalue weighted by atomic mass is 9.84. The van der Waals surface area contributed by atoms with Crippen LogP contribution >= 0.6 is 15.9 Å². The standard InChI is InChI=1S/C37H32BrN5O3S/c38-29-15-13-28(14-16-29)36(44)27-11-6-25(7-12-27)10-19-34-41-33-24-40-37-32(21-23-42(37)47(45,46)31-4-2-1-3-5-31)35(33)43(34)30-17-8-26(9-18-30)20-22-39/h1-7,11-16,21,23-24,26,30H,8-10,17-20H2/t26-,30-. The maximum Gasteiger partial charge on any atom is 0.269 e. The molecule has 0 atom stereocenters. The summed E-state index contributed by atoms with van der Waals surface area (Å²) < 4.78 is 31.7. The van der Waals surface area contributed by atoms with Gasteiger partial charge in [-0.3, -0.25) is 4.79 Å². The number of aromatic nitrogens is 4. The van der Waals surface area contributed by atoms with Gasteiger partial charge in [0.1, 0.15) is 11.3 Å². The molecule has 0 bridgehead atoms. The Labute approximate surface area is 281 Å². The van der Waals surface area contributed by atoms with E-state index in [1.807, 2.05) is 54.6 Å². The quantitative estimate of drug-likeness (QED) is 0.141. The highest BCUT2D eigenvalue weighted by Gasteiger charge is 2.28. The molecule has 0 unspecified atom stereocenters. The summed E-state index contributed by atoms with van der Waals surface area (Å²) in [6.45, 7) is 0. The number of imidazole rings is 1. The molecule has 3 aromatic heterocycles. The number of carbonyl (C=O) groups is 1. The van der Waals surface area contributed by atoms with Crippen molar-refractivity contribution in [1.82, 2.24) is 18.5 Å². The fourth-order valence-electron chi connectivity index (χ4n) is 6.75. The smallest absolute Gasteiger partial charge is 0.269 e. The highest BCUT2D eigenvalue weighted by Crippen LogP contribution is 2.38. The van der Waals surface area contributed by atoms with Gasteiger partial charge in [0.2, 0.25) is 0 Å². The second kappa shape index (κ2) is 12.9. The molecule has 236 valence electrons. The summed E-state index contributed by atoms with van der Waals surface area (Å²) >= 11 is 3.42. The highest BCUT2D eigenvalue weighted by molar-refractivity contribution is 9.10. The van der Waals surface area contributed by atoms with Gasteiger partial charge in [-0.1, -0.05) is 58.4 Å². The number of benzene rings is 3. The first-order valence-corrected chi connectivity index (χ1v) is 18.0. The predicted molar refractivity (Wildman–Crippen MR) is 185 cm³/mol. The monoisotopic (exact) mass is 705 g/mol. The van der Waals surface area contributed by atoms with Gasteiger partial charge in [-0.05, 0) is 86.1 Å². The van der Waals surface area contributed by atoms with Crippen LogP contribution < -0.4 is 0 Å². The van der Waals surface area contributed by atoms with Crippen molar-refractivity contribution in [2.45, 2.75) is 55.9 Å². The average molecular weight is 707 g/mol. The van der Waals surface area contributed by atoms with Crippen molar-refractivity contribution in [2.24, 2.45) is 5.92 Å². The molecule has 3 aromatic carbocycles. The Hall–Kier alpha value is -4.59. The second-order valence-electron chi connectivity index (χ2n) is 12.1. The summed E-state index contributed by atoms with van der Waals surface area (Å²) in [4.78, 5) is 22.9. The van der Waals surface area contributed by atoms with Gasteiger partial charge in [-0.2, -0.15) is 5.26 Å². The Kier molecular flexibility index (Phi) is 8.52. The van der Waals surface area contributed by atoms with E-state index in [9.17, 15) is 18.5 Å². The summed E-state index contributed by atoms with van der Waals surface area (Å²) in [5.41, 5.74) is 4.38. The van der Waals surface area contributed by atoms with Crippen LogP contribution in [-0.2, 0) is 22.9 Å². The molecule has 1 saturated carbocycles. The third-order valence-corrected chi connectivity index (χ3v) is 11.4. The fraction of sp³-hybridized carbons (Fsp3) is 0.243. The number of aryl methyl sites for hydroxylation is 2. The van der Waals surface area contributed by atoms with Crippen LogP contribution in [0.15, 0.2) is 107 Å². The number of nitrogens with zero attached hydrogens (tertiary/aromatic N) is 5. The molecule has 0 N–H and O–H groups in total. The predicted octanol–water partition coefficient (Wildman–Crippen LogP) is 8.05. The van der Waals surface area contributed by atoms with E-state index in [2.05, 4.69) is 31.6 Å². The Morgan fingerprint density at radius 3 is 2.26 bits per heavy atom. The van der Waals surface area contributed by atoms with Crippen LogP contribution in [0.1, 0.15) is 65.5 Å². The molecule has 0 spiro atoms. The number of fused-ring (bicyclic) bond motifs is 3. The third-order valence-electron chi connectivity index (χ3n) is 9.22. The second-order valence-corrected chi connectivity index (χ2v) is 14.9. The molecule has 1 aliphatic carbocycles. The zero-order valence-electron chi connectivity index (χ0n) is 25.6. The molecule has 47 heavy (non-hydrogen) atoms. The Balaban J connectivity index is 1.23. The number of halogens is 1. The van der Waals surface area contributed by atoms with Gasteiger partial charge in [0.25, 0.3) is 10.0 Å². The van der Waals surface area contributed by atoms with Crippen LogP contribution in [0.25, 0.3) is 22.1 Å². The molecular weight excluding hydrogens is 674 g/mol. The van der Waals surface area contributed by atoms with Crippen molar-refractivity contribution in [1.29, 1.82) is 5.26 Å². The molecule has 8 nitrogen and oxygen atoms in total. The van der Waals surface area contributed by atoms with Crippen LogP contribution in [0, 0.1) is 17.2 Å². The van der Waals surface area contributed by atoms with Crippen LogP contribution in [0.5, 0.6) is 0 Å². The zero-order chi connectivity index (χ0) is 32.5. The van der Waals surface area contributed by atoms with Crippen molar-refractivity contribution >= 4 is 53.8 Å². The van der Waals surface area contributed by atoms with Gasteiger partial charge >= 0.3 is 0 Å². The number of nitriles is 1. The lowest BCUT2D eigenvalue weighted by Gasteiger charge is -2.30. The number of hydrogen-bond donors (Lipinski definition) is 0. The molecule has 1 fully saturated rings. The topological polar surface area (TPSA) is 111 Å². The minimum atomic E-state index is -3.84. The first kappa shape index (κ1) is 31.0. The SMILES string of the molecule is N#CC[C@H]1CC[C@H](n2c(CCc3ccc(C(=O)c4ccc(Br)cc4)cc3)nc3cnc4c(ccn4S(=O)(=O)c4ccccc4)c32)CC1. The van der Waals surface area contributed by atoms with Gasteiger partial charge in [-0.15, -0.1) is 0 Å². The van der Waals surface area contributed by atoms with Crippen molar-refractivity contribution in [3.63, 3.8) is 0 Å². The summed E-state index contributed by atoms with van der Waals surface area (Å²) in [6.07, 6.45) is 8.98. The van der Waals surface area contributed by atoms with Gasteiger partial charge in [0.05, 0.1) is 22.7 Å². The van der Waals surface area contributed by atoms with Crippen molar-refractivity contribution < 1.29 is 13.2 Å². The van der Waals surface area contributed by atoms with E-state index in [0.717, 1.165) is 64.4 Å². The molecular formula is C37H32BrN5O3S. The number of ketones is 1. The van der Waals surface area contributed by atoms with Crippen LogP contribution in [0.2, 0.25) is 0 Å². The van der Waals surface area contributed by atoms with E-state index in [1.54, 1.807) is 42.7 Å². The summed E-state index contributed by atoms with van der Waals surface area (Å²) in [5.74, 6) is 1.30. The number of rotatable bonds is 9. The van der Waals surface area contributed by atoms with E-state index < -0.39 is 10.0 Å². The molecule has 10 heteroatoms. The lowest BCUT2D eigenvalue weighted by Crippen LogP contribution is -2.20. The maximum absolute atomic E-state index is 13.6. The van der Waals surface area contributed by atoms with E-state index in [0.29, 0.717) is 35.5 Å². The number of carbonyl (C=O) groups excluding carboxylic acids is 1. The van der Waals surface area contributed by atoms with Crippen LogP contribution in [-0.4, -0.2) is 32.7 Å². The Morgan fingerprint density at radius 1 is 0.894 bits per heavy atom. The Bertz CT molecular complexity index is 2230.